The number of nitrogens with one attached hydrogen (secondary N) is 1. The number of rotatable bonds is 5. The molecule has 2 aromatic rings. The van der Waals surface area contributed by atoms with Crippen LogP contribution in [-0.2, 0) is 11.2 Å². The van der Waals surface area contributed by atoms with Crippen molar-refractivity contribution in [2.75, 3.05) is 6.79 Å². The Morgan fingerprint density at radius 3 is 2.80 bits per heavy atom. The molecule has 1 N–H and O–H groups in total. The minimum Gasteiger partial charge on any atom is -0.490 e. The molecule has 4 rings (SSSR count). The first-order chi connectivity index (χ1) is 12.3. The van der Waals surface area contributed by atoms with Crippen LogP contribution in [0.25, 0.3) is 0 Å². The van der Waals surface area contributed by atoms with Crippen molar-refractivity contribution in [3.8, 4) is 17.2 Å². The molecule has 1 aliphatic heterocycles. The van der Waals surface area contributed by atoms with E-state index in [2.05, 4.69) is 5.32 Å². The Hall–Kier alpha value is -2.21. The minimum atomic E-state index is 0.110. The van der Waals surface area contributed by atoms with Crippen molar-refractivity contribution in [1.82, 2.24) is 5.32 Å². The molecule has 25 heavy (non-hydrogen) atoms. The van der Waals surface area contributed by atoms with Gasteiger partial charge in [0, 0.05) is 12.1 Å². The summed E-state index contributed by atoms with van der Waals surface area (Å²) >= 11 is 1.62. The van der Waals surface area contributed by atoms with Crippen molar-refractivity contribution in [3.63, 3.8) is 0 Å². The van der Waals surface area contributed by atoms with Crippen molar-refractivity contribution < 1.29 is 19.0 Å². The zero-order valence-corrected chi connectivity index (χ0v) is 14.7. The van der Waals surface area contributed by atoms with Crippen LogP contribution in [0.5, 0.6) is 17.2 Å². The third kappa shape index (κ3) is 4.07. The summed E-state index contributed by atoms with van der Waals surface area (Å²) in [6.45, 7) is 0.273. The van der Waals surface area contributed by atoms with E-state index in [0.717, 1.165) is 48.5 Å². The van der Waals surface area contributed by atoms with Gasteiger partial charge in [0.1, 0.15) is 5.75 Å². The first kappa shape index (κ1) is 16.3. The average molecular weight is 359 g/mol. The summed E-state index contributed by atoms with van der Waals surface area (Å²) in [5.74, 6) is 2.43. The quantitative estimate of drug-likeness (QED) is 0.887. The molecule has 0 saturated heterocycles. The normalized spacial score (nSPS) is 21.8. The minimum absolute atomic E-state index is 0.110. The van der Waals surface area contributed by atoms with E-state index < -0.39 is 0 Å². The highest BCUT2D eigenvalue weighted by molar-refractivity contribution is 7.08. The largest absolute Gasteiger partial charge is 0.490 e. The summed E-state index contributed by atoms with van der Waals surface area (Å²) in [6.07, 6.45) is 4.44. The van der Waals surface area contributed by atoms with E-state index in [1.54, 1.807) is 11.3 Å². The maximum Gasteiger partial charge on any atom is 0.231 e. The van der Waals surface area contributed by atoms with Crippen LogP contribution < -0.4 is 19.5 Å². The second kappa shape index (κ2) is 7.35. The molecule has 132 valence electrons. The fourth-order valence-corrected chi connectivity index (χ4v) is 3.99. The maximum absolute atomic E-state index is 12.1. The Labute approximate surface area is 150 Å². The monoisotopic (exact) mass is 359 g/mol. The number of ether oxygens (including phenoxy) is 3. The van der Waals surface area contributed by atoms with E-state index in [0.29, 0.717) is 6.42 Å². The van der Waals surface area contributed by atoms with E-state index in [1.165, 1.54) is 0 Å². The summed E-state index contributed by atoms with van der Waals surface area (Å²) < 4.78 is 16.8. The standard InChI is InChI=1S/C19H21NO4S/c21-19(9-13-7-8-25-11-13)20-14-1-3-15(4-2-14)24-16-5-6-17-18(10-16)23-12-22-17/h5-8,10-11,14-15H,1-4,9,12H2,(H,20,21). The summed E-state index contributed by atoms with van der Waals surface area (Å²) in [5, 5.41) is 7.17. The molecular weight excluding hydrogens is 338 g/mol. The number of amides is 1. The van der Waals surface area contributed by atoms with E-state index in [1.807, 2.05) is 35.0 Å². The van der Waals surface area contributed by atoms with Gasteiger partial charge in [-0.1, -0.05) is 0 Å². The Balaban J connectivity index is 1.23. The lowest BCUT2D eigenvalue weighted by molar-refractivity contribution is -0.121. The lowest BCUT2D eigenvalue weighted by Crippen LogP contribution is -2.40. The Bertz CT molecular complexity index is 723. The number of carbonyl (C=O) groups is 1. The van der Waals surface area contributed by atoms with Gasteiger partial charge < -0.3 is 19.5 Å². The third-order valence-corrected chi connectivity index (χ3v) is 5.36. The van der Waals surface area contributed by atoms with E-state index in [-0.39, 0.29) is 24.8 Å². The molecule has 0 unspecified atom stereocenters. The molecule has 1 amide bonds. The highest BCUT2D eigenvalue weighted by Crippen LogP contribution is 2.36. The van der Waals surface area contributed by atoms with Gasteiger partial charge in [0.25, 0.3) is 0 Å². The second-order valence-corrected chi connectivity index (χ2v) is 7.26. The van der Waals surface area contributed by atoms with Crippen LogP contribution in [0.4, 0.5) is 0 Å². The van der Waals surface area contributed by atoms with Crippen molar-refractivity contribution in [2.45, 2.75) is 44.2 Å². The molecule has 1 aromatic carbocycles. The van der Waals surface area contributed by atoms with E-state index in [9.17, 15) is 4.79 Å². The molecule has 0 atom stereocenters. The molecule has 2 heterocycles. The lowest BCUT2D eigenvalue weighted by atomic mass is 9.92. The Morgan fingerprint density at radius 1 is 1.16 bits per heavy atom. The first-order valence-electron chi connectivity index (χ1n) is 8.63. The first-order valence-corrected chi connectivity index (χ1v) is 9.57. The molecule has 1 aromatic heterocycles. The highest BCUT2D eigenvalue weighted by Gasteiger charge is 2.24. The zero-order chi connectivity index (χ0) is 17.1. The van der Waals surface area contributed by atoms with Crippen LogP contribution in [0.1, 0.15) is 31.2 Å². The summed E-state index contributed by atoms with van der Waals surface area (Å²) in [7, 11) is 0. The summed E-state index contributed by atoms with van der Waals surface area (Å²) in [4.78, 5) is 12.1. The predicted molar refractivity (Wildman–Crippen MR) is 95.4 cm³/mol. The van der Waals surface area contributed by atoms with Gasteiger partial charge in [0.05, 0.1) is 12.5 Å². The molecule has 1 aliphatic carbocycles. The second-order valence-electron chi connectivity index (χ2n) is 6.48. The molecule has 6 heteroatoms. The lowest BCUT2D eigenvalue weighted by Gasteiger charge is -2.29. The third-order valence-electron chi connectivity index (χ3n) is 4.63. The van der Waals surface area contributed by atoms with Crippen molar-refractivity contribution >= 4 is 17.2 Å². The smallest absolute Gasteiger partial charge is 0.231 e. The topological polar surface area (TPSA) is 56.8 Å². The average Bonchev–Trinajstić information content (AvgIpc) is 3.27. The number of hydrogen-bond donors (Lipinski definition) is 1. The number of thiophene rings is 1. The number of benzene rings is 1. The van der Waals surface area contributed by atoms with Crippen LogP contribution in [0.2, 0.25) is 0 Å². The summed E-state index contributed by atoms with van der Waals surface area (Å²) in [5.41, 5.74) is 1.09. The van der Waals surface area contributed by atoms with Crippen LogP contribution in [0.3, 0.4) is 0 Å². The number of fused-ring (bicyclic) bond motifs is 1. The molecule has 0 radical (unpaired) electrons. The molecular formula is C19H21NO4S. The van der Waals surface area contributed by atoms with Crippen LogP contribution in [0.15, 0.2) is 35.0 Å². The van der Waals surface area contributed by atoms with Crippen LogP contribution in [0, 0.1) is 0 Å². The zero-order valence-electron chi connectivity index (χ0n) is 13.9. The maximum atomic E-state index is 12.1. The molecule has 1 saturated carbocycles. The van der Waals surface area contributed by atoms with Crippen molar-refractivity contribution in [1.29, 1.82) is 0 Å². The van der Waals surface area contributed by atoms with E-state index in [4.69, 9.17) is 14.2 Å². The van der Waals surface area contributed by atoms with Crippen molar-refractivity contribution in [2.24, 2.45) is 0 Å². The van der Waals surface area contributed by atoms with Gasteiger partial charge in [-0.2, -0.15) is 11.3 Å². The number of hydrogen-bond acceptors (Lipinski definition) is 5. The molecule has 0 spiro atoms. The van der Waals surface area contributed by atoms with Gasteiger partial charge in [0.2, 0.25) is 12.7 Å². The predicted octanol–water partition coefficient (Wildman–Crippen LogP) is 3.53. The molecule has 2 aliphatic rings. The highest BCUT2D eigenvalue weighted by atomic mass is 32.1. The Morgan fingerprint density at radius 2 is 2.00 bits per heavy atom. The SMILES string of the molecule is O=C(Cc1ccsc1)NC1CCC(Oc2ccc3c(c2)OCO3)CC1. The fourth-order valence-electron chi connectivity index (χ4n) is 3.32. The van der Waals surface area contributed by atoms with Gasteiger partial charge in [-0.25, -0.2) is 0 Å². The molecule has 5 nitrogen and oxygen atoms in total. The molecule has 1 fully saturated rings. The summed E-state index contributed by atoms with van der Waals surface area (Å²) in [6, 6.07) is 7.94. The Kier molecular flexibility index (Phi) is 4.78. The van der Waals surface area contributed by atoms with Crippen LogP contribution >= 0.6 is 11.3 Å². The van der Waals surface area contributed by atoms with E-state index >= 15 is 0 Å². The van der Waals surface area contributed by atoms with Crippen molar-refractivity contribution in [3.05, 3.63) is 40.6 Å². The molecule has 0 bridgehead atoms. The number of carbonyl (C=O) groups excluding carboxylic acids is 1. The van der Waals surface area contributed by atoms with Gasteiger partial charge in [0.15, 0.2) is 11.5 Å². The van der Waals surface area contributed by atoms with Gasteiger partial charge in [-0.3, -0.25) is 4.79 Å². The fraction of sp³-hybridized carbons (Fsp3) is 0.421. The van der Waals surface area contributed by atoms with Gasteiger partial charge in [-0.15, -0.1) is 0 Å². The van der Waals surface area contributed by atoms with Gasteiger partial charge >= 0.3 is 0 Å². The van der Waals surface area contributed by atoms with Gasteiger partial charge in [-0.05, 0) is 60.2 Å². The van der Waals surface area contributed by atoms with Crippen LogP contribution in [-0.4, -0.2) is 24.8 Å².